The number of aliphatic hydroxyl groups excluding tert-OH is 1. The molecular weight excluding hydrogens is 229 g/mol. The van der Waals surface area contributed by atoms with E-state index in [1.54, 1.807) is 0 Å². The fourth-order valence-corrected chi connectivity index (χ4v) is 2.54. The van der Waals surface area contributed by atoms with Gasteiger partial charge in [-0.1, -0.05) is 26.0 Å². The summed E-state index contributed by atoms with van der Waals surface area (Å²) in [6.07, 6.45) is -3.49. The van der Waals surface area contributed by atoms with Crippen LogP contribution in [0.2, 0.25) is 0 Å². The second kappa shape index (κ2) is 3.48. The number of alkyl halides is 3. The van der Waals surface area contributed by atoms with E-state index in [0.717, 1.165) is 24.1 Å². The van der Waals surface area contributed by atoms with Crippen LogP contribution in [0.1, 0.15) is 31.4 Å². The fourth-order valence-electron chi connectivity index (χ4n) is 2.54. The molecule has 0 heterocycles. The first-order valence-electron chi connectivity index (χ1n) is 5.52. The Balaban J connectivity index is 2.31. The molecule has 0 aromatic heterocycles. The molecule has 0 radical (unpaired) electrons. The van der Waals surface area contributed by atoms with Crippen LogP contribution in [0.15, 0.2) is 24.3 Å². The molecule has 2 rings (SSSR count). The summed E-state index contributed by atoms with van der Waals surface area (Å²) >= 11 is 0. The van der Waals surface area contributed by atoms with Gasteiger partial charge in [0.25, 0.3) is 0 Å². The topological polar surface area (TPSA) is 20.2 Å². The summed E-state index contributed by atoms with van der Waals surface area (Å²) in [7, 11) is 0. The Hall–Kier alpha value is -1.03. The van der Waals surface area contributed by atoms with Crippen LogP contribution in [-0.2, 0) is 11.6 Å². The Labute approximate surface area is 98.3 Å². The van der Waals surface area contributed by atoms with E-state index < -0.39 is 11.7 Å². The quantitative estimate of drug-likeness (QED) is 0.845. The van der Waals surface area contributed by atoms with E-state index in [0.29, 0.717) is 0 Å². The van der Waals surface area contributed by atoms with E-state index >= 15 is 0 Å². The number of hydrogen-bond donors (Lipinski definition) is 1. The van der Waals surface area contributed by atoms with E-state index in [1.165, 1.54) is 12.1 Å². The molecule has 0 spiro atoms. The van der Waals surface area contributed by atoms with Crippen molar-refractivity contribution in [3.63, 3.8) is 0 Å². The van der Waals surface area contributed by atoms with Crippen LogP contribution in [0.5, 0.6) is 0 Å². The molecule has 1 atom stereocenters. The molecule has 1 N–H and O–H groups in total. The number of hydrogen-bond acceptors (Lipinski definition) is 1. The normalized spacial score (nSPS) is 26.9. The first kappa shape index (κ1) is 12.4. The molecule has 94 valence electrons. The molecule has 0 aliphatic heterocycles. The minimum absolute atomic E-state index is 0.0225. The molecule has 1 fully saturated rings. The van der Waals surface area contributed by atoms with Gasteiger partial charge in [0.05, 0.1) is 12.2 Å². The predicted octanol–water partition coefficient (Wildman–Crippen LogP) is 3.37. The van der Waals surface area contributed by atoms with Gasteiger partial charge in [0.15, 0.2) is 0 Å². The Morgan fingerprint density at radius 3 is 1.94 bits per heavy atom. The summed E-state index contributed by atoms with van der Waals surface area (Å²) in [5.74, 6) is 0. The smallest absolute Gasteiger partial charge is 0.395 e. The lowest BCUT2D eigenvalue weighted by Gasteiger charge is -2.19. The third-order valence-electron chi connectivity index (χ3n) is 3.95. The largest absolute Gasteiger partial charge is 0.416 e. The van der Waals surface area contributed by atoms with Crippen molar-refractivity contribution >= 4 is 0 Å². The van der Waals surface area contributed by atoms with Crippen LogP contribution >= 0.6 is 0 Å². The first-order chi connectivity index (χ1) is 7.73. The summed E-state index contributed by atoms with van der Waals surface area (Å²) in [5.41, 5.74) is -0.260. The summed E-state index contributed by atoms with van der Waals surface area (Å²) < 4.78 is 37.2. The highest BCUT2D eigenvalue weighted by atomic mass is 19.4. The van der Waals surface area contributed by atoms with Crippen LogP contribution in [0.3, 0.4) is 0 Å². The van der Waals surface area contributed by atoms with E-state index in [-0.39, 0.29) is 17.4 Å². The maximum Gasteiger partial charge on any atom is 0.416 e. The third kappa shape index (κ3) is 1.84. The fraction of sp³-hybridized carbons (Fsp3) is 0.538. The average molecular weight is 244 g/mol. The molecule has 1 nitrogen and oxygen atoms in total. The van der Waals surface area contributed by atoms with Crippen LogP contribution < -0.4 is 0 Å². The van der Waals surface area contributed by atoms with Gasteiger partial charge in [-0.15, -0.1) is 0 Å². The molecule has 4 heteroatoms. The molecule has 1 aliphatic rings. The maximum atomic E-state index is 12.4. The van der Waals surface area contributed by atoms with E-state index in [1.807, 2.05) is 13.8 Å². The lowest BCUT2D eigenvalue weighted by atomic mass is 9.88. The second-order valence-corrected chi connectivity index (χ2v) is 5.38. The molecule has 17 heavy (non-hydrogen) atoms. The monoisotopic (exact) mass is 244 g/mol. The van der Waals surface area contributed by atoms with Crippen LogP contribution in [0.25, 0.3) is 0 Å². The van der Waals surface area contributed by atoms with Crippen molar-refractivity contribution in [3.8, 4) is 0 Å². The SMILES string of the molecule is CC1(C)CC1(CO)c1ccc(C(F)(F)F)cc1. The van der Waals surface area contributed by atoms with Gasteiger partial charge < -0.3 is 5.11 Å². The van der Waals surface area contributed by atoms with Gasteiger partial charge in [0.2, 0.25) is 0 Å². The van der Waals surface area contributed by atoms with Crippen molar-refractivity contribution in [1.82, 2.24) is 0 Å². The Kier molecular flexibility index (Phi) is 2.54. The maximum absolute atomic E-state index is 12.4. The van der Waals surface area contributed by atoms with Crippen molar-refractivity contribution in [1.29, 1.82) is 0 Å². The number of aliphatic hydroxyl groups is 1. The minimum atomic E-state index is -4.30. The standard InChI is InChI=1S/C13H15F3O/c1-11(2)7-12(11,8-17)9-3-5-10(6-4-9)13(14,15)16/h3-6,17H,7-8H2,1-2H3. The Morgan fingerprint density at radius 2 is 1.65 bits per heavy atom. The van der Waals surface area contributed by atoms with Crippen molar-refractivity contribution < 1.29 is 18.3 Å². The number of benzene rings is 1. The molecule has 0 amide bonds. The van der Waals surface area contributed by atoms with Crippen LogP contribution in [-0.4, -0.2) is 11.7 Å². The number of rotatable bonds is 2. The van der Waals surface area contributed by atoms with Crippen molar-refractivity contribution in [2.75, 3.05) is 6.61 Å². The average Bonchev–Trinajstić information content (AvgIpc) is 2.81. The van der Waals surface area contributed by atoms with Crippen molar-refractivity contribution in [3.05, 3.63) is 35.4 Å². The summed E-state index contributed by atoms with van der Waals surface area (Å²) in [4.78, 5) is 0. The molecular formula is C13H15F3O. The zero-order chi connectivity index (χ0) is 12.9. The highest BCUT2D eigenvalue weighted by molar-refractivity contribution is 5.39. The molecule has 0 saturated heterocycles. The van der Waals surface area contributed by atoms with Gasteiger partial charge in [0.1, 0.15) is 0 Å². The highest BCUT2D eigenvalue weighted by Crippen LogP contribution is 2.63. The van der Waals surface area contributed by atoms with Gasteiger partial charge in [-0.3, -0.25) is 0 Å². The lowest BCUT2D eigenvalue weighted by molar-refractivity contribution is -0.137. The predicted molar refractivity (Wildman–Crippen MR) is 58.6 cm³/mol. The first-order valence-corrected chi connectivity index (χ1v) is 5.52. The van der Waals surface area contributed by atoms with Crippen LogP contribution in [0, 0.1) is 5.41 Å². The molecule has 1 unspecified atom stereocenters. The van der Waals surface area contributed by atoms with Crippen molar-refractivity contribution in [2.45, 2.75) is 31.9 Å². The molecule has 1 saturated carbocycles. The zero-order valence-electron chi connectivity index (χ0n) is 9.80. The van der Waals surface area contributed by atoms with E-state index in [2.05, 4.69) is 0 Å². The van der Waals surface area contributed by atoms with Crippen LogP contribution in [0.4, 0.5) is 13.2 Å². The van der Waals surface area contributed by atoms with Crippen molar-refractivity contribution in [2.24, 2.45) is 5.41 Å². The molecule has 1 aromatic carbocycles. The summed E-state index contributed by atoms with van der Waals surface area (Å²) in [6, 6.07) is 5.13. The second-order valence-electron chi connectivity index (χ2n) is 5.38. The third-order valence-corrected chi connectivity index (χ3v) is 3.95. The van der Waals surface area contributed by atoms with E-state index in [9.17, 15) is 18.3 Å². The number of halogens is 3. The highest BCUT2D eigenvalue weighted by Gasteiger charge is 2.61. The molecule has 1 aromatic rings. The van der Waals surface area contributed by atoms with Gasteiger partial charge in [-0.2, -0.15) is 13.2 Å². The van der Waals surface area contributed by atoms with Gasteiger partial charge >= 0.3 is 6.18 Å². The van der Waals surface area contributed by atoms with Gasteiger partial charge in [-0.05, 0) is 29.5 Å². The molecule has 1 aliphatic carbocycles. The van der Waals surface area contributed by atoms with Gasteiger partial charge in [0, 0.05) is 5.41 Å². The Morgan fingerprint density at radius 1 is 1.18 bits per heavy atom. The summed E-state index contributed by atoms with van der Waals surface area (Å²) in [5, 5.41) is 9.45. The Bertz CT molecular complexity index is 419. The molecule has 0 bridgehead atoms. The van der Waals surface area contributed by atoms with Gasteiger partial charge in [-0.25, -0.2) is 0 Å². The minimum Gasteiger partial charge on any atom is -0.395 e. The summed E-state index contributed by atoms with van der Waals surface area (Å²) in [6.45, 7) is 4.01. The van der Waals surface area contributed by atoms with E-state index in [4.69, 9.17) is 0 Å². The zero-order valence-corrected chi connectivity index (χ0v) is 9.80. The lowest BCUT2D eigenvalue weighted by Crippen LogP contribution is -2.19.